The second kappa shape index (κ2) is 4.43. The first kappa shape index (κ1) is 11.0. The van der Waals surface area contributed by atoms with Crippen LogP contribution in [0.1, 0.15) is 33.6 Å². The first-order valence-corrected chi connectivity index (χ1v) is 5.58. The Labute approximate surface area is 82.5 Å². The van der Waals surface area contributed by atoms with Crippen LogP contribution >= 0.6 is 0 Å². The molecule has 2 nitrogen and oxygen atoms in total. The Morgan fingerprint density at radius 1 is 1.31 bits per heavy atom. The summed E-state index contributed by atoms with van der Waals surface area (Å²) in [5, 5.41) is 0. The van der Waals surface area contributed by atoms with Gasteiger partial charge in [0.2, 0.25) is 0 Å². The Bertz CT molecular complexity index is 144. The lowest BCUT2D eigenvalue weighted by Gasteiger charge is -2.50. The number of nitrogens with zero attached hydrogens (tertiary/aromatic N) is 1. The molecule has 2 N–H and O–H groups in total. The van der Waals surface area contributed by atoms with E-state index in [1.807, 2.05) is 0 Å². The monoisotopic (exact) mass is 184 g/mol. The van der Waals surface area contributed by atoms with Gasteiger partial charge in [0, 0.05) is 19.6 Å². The van der Waals surface area contributed by atoms with E-state index in [-0.39, 0.29) is 0 Å². The number of hydrogen-bond acceptors (Lipinski definition) is 2. The molecule has 1 saturated heterocycles. The molecule has 1 aliphatic rings. The quantitative estimate of drug-likeness (QED) is 0.704. The van der Waals surface area contributed by atoms with Crippen LogP contribution in [0.15, 0.2) is 0 Å². The van der Waals surface area contributed by atoms with Crippen LogP contribution in [0.25, 0.3) is 0 Å². The molecule has 2 heteroatoms. The Kier molecular flexibility index (Phi) is 3.74. The van der Waals surface area contributed by atoms with E-state index in [2.05, 4.69) is 25.7 Å². The molecule has 0 aliphatic carbocycles. The normalized spacial score (nSPS) is 24.0. The molecule has 13 heavy (non-hydrogen) atoms. The molecule has 1 heterocycles. The maximum absolute atomic E-state index is 5.61. The third-order valence-electron chi connectivity index (χ3n) is 3.59. The lowest BCUT2D eigenvalue weighted by Crippen LogP contribution is -2.56. The van der Waals surface area contributed by atoms with E-state index in [4.69, 9.17) is 5.73 Å². The van der Waals surface area contributed by atoms with E-state index >= 15 is 0 Å². The molecule has 1 atom stereocenters. The highest BCUT2D eigenvalue weighted by Gasteiger charge is 2.39. The molecule has 78 valence electrons. The minimum Gasteiger partial charge on any atom is -0.330 e. The molecule has 1 fully saturated rings. The van der Waals surface area contributed by atoms with Gasteiger partial charge in [0.1, 0.15) is 0 Å². The SMILES string of the molecule is CCC1(CC)CN(CC(C)CN)C1. The zero-order valence-electron chi connectivity index (χ0n) is 9.34. The minimum atomic E-state index is 0.647. The molecule has 1 rings (SSSR count). The van der Waals surface area contributed by atoms with Crippen LogP contribution in [0.2, 0.25) is 0 Å². The van der Waals surface area contributed by atoms with Gasteiger partial charge in [-0.2, -0.15) is 0 Å². The summed E-state index contributed by atoms with van der Waals surface area (Å²) in [7, 11) is 0. The maximum Gasteiger partial charge on any atom is 0.00504 e. The molecule has 0 aromatic carbocycles. The maximum atomic E-state index is 5.61. The topological polar surface area (TPSA) is 29.3 Å². The van der Waals surface area contributed by atoms with Gasteiger partial charge >= 0.3 is 0 Å². The van der Waals surface area contributed by atoms with Gasteiger partial charge in [-0.15, -0.1) is 0 Å². The van der Waals surface area contributed by atoms with Crippen molar-refractivity contribution < 1.29 is 0 Å². The molecular formula is C11H24N2. The van der Waals surface area contributed by atoms with Gasteiger partial charge in [-0.3, -0.25) is 0 Å². The van der Waals surface area contributed by atoms with Crippen molar-refractivity contribution in [2.24, 2.45) is 17.1 Å². The van der Waals surface area contributed by atoms with Crippen molar-refractivity contribution in [3.63, 3.8) is 0 Å². The predicted octanol–water partition coefficient (Wildman–Crippen LogP) is 1.70. The summed E-state index contributed by atoms with van der Waals surface area (Å²) in [6, 6.07) is 0. The fourth-order valence-corrected chi connectivity index (χ4v) is 2.24. The van der Waals surface area contributed by atoms with Crippen molar-refractivity contribution in [2.45, 2.75) is 33.6 Å². The van der Waals surface area contributed by atoms with Crippen LogP contribution in [0.4, 0.5) is 0 Å². The summed E-state index contributed by atoms with van der Waals surface area (Å²) in [6.45, 7) is 11.5. The fraction of sp³-hybridized carbons (Fsp3) is 1.00. The third-order valence-corrected chi connectivity index (χ3v) is 3.59. The van der Waals surface area contributed by atoms with Crippen molar-refractivity contribution in [3.05, 3.63) is 0 Å². The second-order valence-corrected chi connectivity index (χ2v) is 4.72. The first-order chi connectivity index (χ1) is 6.15. The van der Waals surface area contributed by atoms with Crippen LogP contribution < -0.4 is 5.73 Å². The van der Waals surface area contributed by atoms with Crippen molar-refractivity contribution in [1.29, 1.82) is 0 Å². The summed E-state index contributed by atoms with van der Waals surface area (Å²) < 4.78 is 0. The van der Waals surface area contributed by atoms with Crippen LogP contribution in [0, 0.1) is 11.3 Å². The summed E-state index contributed by atoms with van der Waals surface area (Å²) in [5.41, 5.74) is 6.25. The molecule has 0 radical (unpaired) electrons. The molecule has 0 bridgehead atoms. The zero-order chi connectivity index (χ0) is 9.90. The lowest BCUT2D eigenvalue weighted by atomic mass is 9.75. The highest BCUT2D eigenvalue weighted by atomic mass is 15.2. The zero-order valence-corrected chi connectivity index (χ0v) is 9.34. The molecule has 0 spiro atoms. The predicted molar refractivity (Wildman–Crippen MR) is 57.7 cm³/mol. The average molecular weight is 184 g/mol. The highest BCUT2D eigenvalue weighted by molar-refractivity contribution is 4.93. The van der Waals surface area contributed by atoms with Crippen LogP contribution in [0.5, 0.6) is 0 Å². The third kappa shape index (κ3) is 2.44. The van der Waals surface area contributed by atoms with Crippen molar-refractivity contribution in [3.8, 4) is 0 Å². The summed E-state index contributed by atoms with van der Waals surface area (Å²) in [5.74, 6) is 0.659. The van der Waals surface area contributed by atoms with Gasteiger partial charge in [-0.25, -0.2) is 0 Å². The summed E-state index contributed by atoms with van der Waals surface area (Å²) in [4.78, 5) is 2.55. The molecule has 0 aromatic heterocycles. The van der Waals surface area contributed by atoms with Gasteiger partial charge in [0.15, 0.2) is 0 Å². The van der Waals surface area contributed by atoms with E-state index in [1.165, 1.54) is 32.5 Å². The van der Waals surface area contributed by atoms with Gasteiger partial charge in [-0.05, 0) is 30.7 Å². The summed E-state index contributed by atoms with van der Waals surface area (Å²) in [6.07, 6.45) is 2.66. The van der Waals surface area contributed by atoms with E-state index < -0.39 is 0 Å². The Morgan fingerprint density at radius 2 is 1.85 bits per heavy atom. The fourth-order valence-electron chi connectivity index (χ4n) is 2.24. The van der Waals surface area contributed by atoms with E-state index in [1.54, 1.807) is 0 Å². The van der Waals surface area contributed by atoms with Crippen LogP contribution in [-0.2, 0) is 0 Å². The molecular weight excluding hydrogens is 160 g/mol. The van der Waals surface area contributed by atoms with E-state index in [0.717, 1.165) is 6.54 Å². The average Bonchev–Trinajstić information content (AvgIpc) is 2.10. The number of likely N-dealkylation sites (tertiary alicyclic amines) is 1. The molecule has 0 amide bonds. The molecule has 0 aromatic rings. The van der Waals surface area contributed by atoms with Crippen LogP contribution in [-0.4, -0.2) is 31.1 Å². The minimum absolute atomic E-state index is 0.647. The number of rotatable bonds is 5. The Morgan fingerprint density at radius 3 is 2.23 bits per heavy atom. The first-order valence-electron chi connectivity index (χ1n) is 5.58. The Hall–Kier alpha value is -0.0800. The van der Waals surface area contributed by atoms with Crippen molar-refractivity contribution >= 4 is 0 Å². The summed E-state index contributed by atoms with van der Waals surface area (Å²) >= 11 is 0. The van der Waals surface area contributed by atoms with Crippen molar-refractivity contribution in [2.75, 3.05) is 26.2 Å². The standard InChI is InChI=1S/C11H24N2/c1-4-11(5-2)8-13(9-11)7-10(3)6-12/h10H,4-9,12H2,1-3H3. The molecule has 0 saturated carbocycles. The van der Waals surface area contributed by atoms with Gasteiger partial charge in [-0.1, -0.05) is 20.8 Å². The lowest BCUT2D eigenvalue weighted by molar-refractivity contribution is -0.0137. The van der Waals surface area contributed by atoms with Gasteiger partial charge < -0.3 is 10.6 Å². The largest absolute Gasteiger partial charge is 0.330 e. The molecule has 1 aliphatic heterocycles. The van der Waals surface area contributed by atoms with Crippen molar-refractivity contribution in [1.82, 2.24) is 4.90 Å². The van der Waals surface area contributed by atoms with E-state index in [0.29, 0.717) is 11.3 Å². The second-order valence-electron chi connectivity index (χ2n) is 4.72. The Balaban J connectivity index is 2.24. The smallest absolute Gasteiger partial charge is 0.00504 e. The number of hydrogen-bond donors (Lipinski definition) is 1. The van der Waals surface area contributed by atoms with Gasteiger partial charge in [0.05, 0.1) is 0 Å². The van der Waals surface area contributed by atoms with Crippen LogP contribution in [0.3, 0.4) is 0 Å². The van der Waals surface area contributed by atoms with E-state index in [9.17, 15) is 0 Å². The molecule has 1 unspecified atom stereocenters. The highest BCUT2D eigenvalue weighted by Crippen LogP contribution is 2.37. The number of nitrogens with two attached hydrogens (primary N) is 1. The van der Waals surface area contributed by atoms with Gasteiger partial charge in [0.25, 0.3) is 0 Å².